The maximum atomic E-state index is 11.2. The van der Waals surface area contributed by atoms with Gasteiger partial charge < -0.3 is 9.47 Å². The van der Waals surface area contributed by atoms with E-state index in [9.17, 15) is 9.59 Å². The average molecular weight is 427 g/mol. The number of hydrogen-bond acceptors (Lipinski definition) is 4. The minimum absolute atomic E-state index is 0.455. The van der Waals surface area contributed by atoms with Crippen LogP contribution >= 0.6 is 0 Å². The normalized spacial score (nSPS) is 10.2. The maximum absolute atomic E-state index is 11.2. The van der Waals surface area contributed by atoms with Gasteiger partial charge in [0.1, 0.15) is 11.5 Å². The van der Waals surface area contributed by atoms with Crippen LogP contribution in [0.3, 0.4) is 0 Å². The van der Waals surface area contributed by atoms with Crippen molar-refractivity contribution < 1.29 is 19.1 Å². The molecule has 162 valence electrons. The second-order valence-corrected chi connectivity index (χ2v) is 7.35. The Hall–Kier alpha value is -3.92. The Morgan fingerprint density at radius 2 is 0.781 bits per heavy atom. The van der Waals surface area contributed by atoms with Gasteiger partial charge in [-0.3, -0.25) is 0 Å². The van der Waals surface area contributed by atoms with Gasteiger partial charge >= 0.3 is 11.9 Å². The molecule has 0 aliphatic carbocycles. The van der Waals surface area contributed by atoms with Gasteiger partial charge in [0, 0.05) is 12.2 Å². The van der Waals surface area contributed by atoms with Crippen LogP contribution < -0.4 is 9.47 Å². The van der Waals surface area contributed by atoms with E-state index in [1.54, 1.807) is 24.3 Å². The summed E-state index contributed by atoms with van der Waals surface area (Å²) in [6, 6.07) is 23.8. The molecule has 0 aliphatic rings. The monoisotopic (exact) mass is 426 g/mol. The Morgan fingerprint density at radius 3 is 1.03 bits per heavy atom. The zero-order valence-electron chi connectivity index (χ0n) is 18.0. The molecule has 0 bridgehead atoms. The molecule has 4 heteroatoms. The number of ether oxygens (including phenoxy) is 2. The average Bonchev–Trinajstić information content (AvgIpc) is 2.83. The Morgan fingerprint density at radius 1 is 0.531 bits per heavy atom. The number of aryl methyl sites for hydroxylation is 4. The molecule has 0 saturated carbocycles. The summed E-state index contributed by atoms with van der Waals surface area (Å²) in [7, 11) is 0. The predicted molar refractivity (Wildman–Crippen MR) is 126 cm³/mol. The van der Waals surface area contributed by atoms with Gasteiger partial charge in [-0.15, -0.1) is 0 Å². The van der Waals surface area contributed by atoms with Crippen molar-refractivity contribution in [2.45, 2.75) is 25.7 Å². The molecular weight excluding hydrogens is 400 g/mol. The minimum Gasteiger partial charge on any atom is -0.423 e. The molecule has 0 atom stereocenters. The number of rotatable bonds is 10. The number of hydrogen-bond donors (Lipinski definition) is 0. The van der Waals surface area contributed by atoms with E-state index < -0.39 is 11.9 Å². The van der Waals surface area contributed by atoms with Gasteiger partial charge in [-0.25, -0.2) is 9.59 Å². The summed E-state index contributed by atoms with van der Waals surface area (Å²) in [5.41, 5.74) is 4.94. The first-order valence-electron chi connectivity index (χ1n) is 10.5. The standard InChI is InChI=1S/C28H26O4/c1-3-27(29)31-25-17-13-23(14-18-25)11-9-21-5-7-22(8-6-21)10-12-24-15-19-26(20-16-24)32-28(30)4-2/h3-8,13-20H,1-2,9-12H2. The summed E-state index contributed by atoms with van der Waals surface area (Å²) in [6.45, 7) is 6.79. The lowest BCUT2D eigenvalue weighted by Crippen LogP contribution is -2.03. The fourth-order valence-corrected chi connectivity index (χ4v) is 3.21. The SMILES string of the molecule is C=CC(=O)Oc1ccc(CCc2ccc(CCc3ccc(OC(=O)C=C)cc3)cc2)cc1. The van der Waals surface area contributed by atoms with Crippen LogP contribution in [0.5, 0.6) is 11.5 Å². The zero-order chi connectivity index (χ0) is 22.8. The van der Waals surface area contributed by atoms with Crippen molar-refractivity contribution in [3.8, 4) is 11.5 Å². The molecular formula is C28H26O4. The smallest absolute Gasteiger partial charge is 0.335 e. The van der Waals surface area contributed by atoms with E-state index in [1.807, 2.05) is 24.3 Å². The van der Waals surface area contributed by atoms with Crippen molar-refractivity contribution in [3.05, 3.63) is 120 Å². The summed E-state index contributed by atoms with van der Waals surface area (Å²) in [5, 5.41) is 0. The molecule has 0 radical (unpaired) electrons. The molecule has 0 aromatic heterocycles. The molecule has 32 heavy (non-hydrogen) atoms. The van der Waals surface area contributed by atoms with Crippen molar-refractivity contribution in [1.82, 2.24) is 0 Å². The molecule has 0 heterocycles. The molecule has 4 nitrogen and oxygen atoms in total. The van der Waals surface area contributed by atoms with Gasteiger partial charge in [0.05, 0.1) is 0 Å². The molecule has 0 saturated heterocycles. The largest absolute Gasteiger partial charge is 0.423 e. The highest BCUT2D eigenvalue weighted by atomic mass is 16.5. The molecule has 0 N–H and O–H groups in total. The fourth-order valence-electron chi connectivity index (χ4n) is 3.21. The third-order valence-corrected chi connectivity index (χ3v) is 5.04. The van der Waals surface area contributed by atoms with Crippen molar-refractivity contribution >= 4 is 11.9 Å². The van der Waals surface area contributed by atoms with Gasteiger partial charge in [0.15, 0.2) is 0 Å². The molecule has 0 unspecified atom stereocenters. The van der Waals surface area contributed by atoms with Crippen molar-refractivity contribution in [1.29, 1.82) is 0 Å². The van der Waals surface area contributed by atoms with Crippen LogP contribution in [0.1, 0.15) is 22.3 Å². The van der Waals surface area contributed by atoms with Crippen LogP contribution in [-0.2, 0) is 35.3 Å². The van der Waals surface area contributed by atoms with Gasteiger partial charge in [-0.05, 0) is 72.2 Å². The highest BCUT2D eigenvalue weighted by molar-refractivity contribution is 5.83. The molecule has 0 fully saturated rings. The van der Waals surface area contributed by atoms with Crippen LogP contribution in [0.15, 0.2) is 98.1 Å². The van der Waals surface area contributed by atoms with E-state index >= 15 is 0 Å². The van der Waals surface area contributed by atoms with E-state index in [0.717, 1.165) is 37.8 Å². The van der Waals surface area contributed by atoms with E-state index in [4.69, 9.17) is 9.47 Å². The van der Waals surface area contributed by atoms with E-state index in [2.05, 4.69) is 37.4 Å². The Kier molecular flexibility index (Phi) is 8.15. The summed E-state index contributed by atoms with van der Waals surface area (Å²) in [5.74, 6) is 0.138. The topological polar surface area (TPSA) is 52.6 Å². The highest BCUT2D eigenvalue weighted by Gasteiger charge is 2.03. The Bertz CT molecular complexity index is 973. The van der Waals surface area contributed by atoms with E-state index in [-0.39, 0.29) is 0 Å². The third-order valence-electron chi connectivity index (χ3n) is 5.04. The lowest BCUT2D eigenvalue weighted by atomic mass is 10.0. The number of esters is 2. The van der Waals surface area contributed by atoms with Gasteiger partial charge in [-0.2, -0.15) is 0 Å². The number of carbonyl (C=O) groups is 2. The molecule has 0 amide bonds. The number of benzene rings is 3. The third kappa shape index (κ3) is 7.10. The van der Waals surface area contributed by atoms with Gasteiger partial charge in [0.25, 0.3) is 0 Å². The molecule has 3 aromatic rings. The van der Waals surface area contributed by atoms with Crippen molar-refractivity contribution in [2.75, 3.05) is 0 Å². The Balaban J connectivity index is 1.45. The van der Waals surface area contributed by atoms with Crippen LogP contribution in [0.4, 0.5) is 0 Å². The molecule has 3 rings (SSSR count). The first kappa shape index (κ1) is 22.8. The molecule has 3 aromatic carbocycles. The second-order valence-electron chi connectivity index (χ2n) is 7.35. The van der Waals surface area contributed by atoms with Crippen LogP contribution in [0.2, 0.25) is 0 Å². The van der Waals surface area contributed by atoms with Gasteiger partial charge in [-0.1, -0.05) is 61.7 Å². The zero-order valence-corrected chi connectivity index (χ0v) is 18.0. The minimum atomic E-state index is -0.455. The summed E-state index contributed by atoms with van der Waals surface area (Å²) in [4.78, 5) is 22.5. The highest BCUT2D eigenvalue weighted by Crippen LogP contribution is 2.17. The van der Waals surface area contributed by atoms with Crippen LogP contribution in [-0.4, -0.2) is 11.9 Å². The number of carbonyl (C=O) groups excluding carboxylic acids is 2. The predicted octanol–water partition coefficient (Wildman–Crippen LogP) is 5.44. The summed E-state index contributed by atoms with van der Waals surface area (Å²) in [6.07, 6.45) is 6.01. The lowest BCUT2D eigenvalue weighted by molar-refractivity contribution is -0.129. The van der Waals surface area contributed by atoms with Crippen LogP contribution in [0.25, 0.3) is 0 Å². The van der Waals surface area contributed by atoms with E-state index in [1.165, 1.54) is 22.3 Å². The quantitative estimate of drug-likeness (QED) is 0.246. The Labute approximate surface area is 188 Å². The van der Waals surface area contributed by atoms with Crippen LogP contribution in [0, 0.1) is 0 Å². The van der Waals surface area contributed by atoms with Gasteiger partial charge in [0.2, 0.25) is 0 Å². The van der Waals surface area contributed by atoms with Crippen molar-refractivity contribution in [3.63, 3.8) is 0 Å². The van der Waals surface area contributed by atoms with Crippen molar-refractivity contribution in [2.24, 2.45) is 0 Å². The summed E-state index contributed by atoms with van der Waals surface area (Å²) >= 11 is 0. The maximum Gasteiger partial charge on any atom is 0.335 e. The first-order chi connectivity index (χ1) is 15.6. The lowest BCUT2D eigenvalue weighted by Gasteiger charge is -2.07. The fraction of sp³-hybridized carbons (Fsp3) is 0.143. The first-order valence-corrected chi connectivity index (χ1v) is 10.5. The molecule has 0 aliphatic heterocycles. The molecule has 0 spiro atoms. The summed E-state index contributed by atoms with van der Waals surface area (Å²) < 4.78 is 10.2. The second kappa shape index (κ2) is 11.5. The van der Waals surface area contributed by atoms with E-state index in [0.29, 0.717) is 11.5 Å².